The second-order valence-electron chi connectivity index (χ2n) is 3.33. The van der Waals surface area contributed by atoms with Gasteiger partial charge in [-0.05, 0) is 18.2 Å². The molecule has 0 saturated carbocycles. The molecule has 0 aliphatic heterocycles. The zero-order valence-electron chi connectivity index (χ0n) is 9.05. The largest absolute Gasteiger partial charge is 0.465 e. The van der Waals surface area contributed by atoms with Crippen molar-refractivity contribution in [1.82, 2.24) is 9.78 Å². The van der Waals surface area contributed by atoms with E-state index in [9.17, 15) is 9.18 Å². The topological polar surface area (TPSA) is 70.1 Å². The first-order valence-electron chi connectivity index (χ1n) is 4.81. The van der Waals surface area contributed by atoms with Crippen LogP contribution >= 0.6 is 0 Å². The lowest BCUT2D eigenvalue weighted by Gasteiger charge is -2.08. The normalized spacial score (nSPS) is 10.2. The van der Waals surface area contributed by atoms with Crippen LogP contribution in [0, 0.1) is 5.82 Å². The van der Waals surface area contributed by atoms with Crippen LogP contribution in [0.1, 0.15) is 10.4 Å². The molecule has 88 valence electrons. The molecule has 0 aliphatic rings. The third kappa shape index (κ3) is 1.96. The van der Waals surface area contributed by atoms with E-state index in [4.69, 9.17) is 5.73 Å². The van der Waals surface area contributed by atoms with Gasteiger partial charge in [0.1, 0.15) is 11.5 Å². The number of hydrogen-bond acceptors (Lipinski definition) is 4. The number of carbonyl (C=O) groups excluding carboxylic acids is 1. The van der Waals surface area contributed by atoms with Gasteiger partial charge in [0, 0.05) is 18.1 Å². The highest BCUT2D eigenvalue weighted by Gasteiger charge is 2.15. The van der Waals surface area contributed by atoms with E-state index in [0.29, 0.717) is 0 Å². The summed E-state index contributed by atoms with van der Waals surface area (Å²) in [4.78, 5) is 11.3. The van der Waals surface area contributed by atoms with Gasteiger partial charge >= 0.3 is 5.97 Å². The van der Waals surface area contributed by atoms with Crippen LogP contribution in [0.15, 0.2) is 30.6 Å². The van der Waals surface area contributed by atoms with Crippen LogP contribution in [0.5, 0.6) is 0 Å². The first-order chi connectivity index (χ1) is 8.13. The van der Waals surface area contributed by atoms with Crippen LogP contribution in [-0.2, 0) is 4.74 Å². The van der Waals surface area contributed by atoms with Crippen LogP contribution in [-0.4, -0.2) is 22.9 Å². The van der Waals surface area contributed by atoms with Gasteiger partial charge in [-0.2, -0.15) is 5.10 Å². The van der Waals surface area contributed by atoms with Gasteiger partial charge in [-0.15, -0.1) is 0 Å². The molecular formula is C11H10FN3O2. The minimum Gasteiger partial charge on any atom is -0.465 e. The quantitative estimate of drug-likeness (QED) is 0.630. The Morgan fingerprint density at radius 3 is 2.88 bits per heavy atom. The third-order valence-electron chi connectivity index (χ3n) is 2.28. The van der Waals surface area contributed by atoms with E-state index in [2.05, 4.69) is 9.84 Å². The van der Waals surface area contributed by atoms with Gasteiger partial charge in [0.05, 0.1) is 12.7 Å². The predicted molar refractivity (Wildman–Crippen MR) is 59.3 cm³/mol. The van der Waals surface area contributed by atoms with Gasteiger partial charge in [0.2, 0.25) is 0 Å². The maximum atomic E-state index is 13.8. The summed E-state index contributed by atoms with van der Waals surface area (Å²) < 4.78 is 19.6. The number of carbonyl (C=O) groups is 1. The van der Waals surface area contributed by atoms with Crippen LogP contribution in [0.25, 0.3) is 5.69 Å². The Balaban J connectivity index is 2.53. The number of anilines is 1. The highest BCUT2D eigenvalue weighted by molar-refractivity contribution is 5.95. The molecule has 0 unspecified atom stereocenters. The second-order valence-corrected chi connectivity index (χ2v) is 3.33. The van der Waals surface area contributed by atoms with Crippen LogP contribution in [0.3, 0.4) is 0 Å². The fourth-order valence-electron chi connectivity index (χ4n) is 1.45. The Hall–Kier alpha value is -2.37. The van der Waals surface area contributed by atoms with Crippen molar-refractivity contribution in [3.63, 3.8) is 0 Å². The molecule has 5 nitrogen and oxygen atoms in total. The van der Waals surface area contributed by atoms with Gasteiger partial charge < -0.3 is 10.5 Å². The van der Waals surface area contributed by atoms with Crippen molar-refractivity contribution < 1.29 is 13.9 Å². The van der Waals surface area contributed by atoms with E-state index in [1.165, 1.54) is 24.1 Å². The molecule has 1 aromatic heterocycles. The van der Waals surface area contributed by atoms with Gasteiger partial charge in [-0.25, -0.2) is 13.9 Å². The predicted octanol–water partition coefficient (Wildman–Crippen LogP) is 1.38. The molecule has 2 rings (SSSR count). The molecule has 0 aliphatic carbocycles. The number of nitrogens with two attached hydrogens (primary N) is 1. The molecule has 0 atom stereocenters. The molecule has 0 spiro atoms. The standard InChI is InChI=1S/C11H10FN3O2/c1-17-11(16)7-5-8(12)10(6-9(7)13)15-4-2-3-14-15/h2-6H,13H2,1H3. The summed E-state index contributed by atoms with van der Waals surface area (Å²) >= 11 is 0. The Morgan fingerprint density at radius 2 is 2.29 bits per heavy atom. The molecule has 6 heteroatoms. The van der Waals surface area contributed by atoms with E-state index < -0.39 is 11.8 Å². The fourth-order valence-corrected chi connectivity index (χ4v) is 1.45. The number of halogens is 1. The van der Waals surface area contributed by atoms with E-state index in [1.54, 1.807) is 12.3 Å². The molecule has 0 bridgehead atoms. The fraction of sp³-hybridized carbons (Fsp3) is 0.0909. The minimum absolute atomic E-state index is 0.000839. The van der Waals surface area contributed by atoms with E-state index in [-0.39, 0.29) is 16.9 Å². The molecule has 1 heterocycles. The van der Waals surface area contributed by atoms with E-state index >= 15 is 0 Å². The van der Waals surface area contributed by atoms with Crippen LogP contribution in [0.2, 0.25) is 0 Å². The SMILES string of the molecule is COC(=O)c1cc(F)c(-n2cccn2)cc1N. The molecule has 0 radical (unpaired) electrons. The van der Waals surface area contributed by atoms with Crippen molar-refractivity contribution in [1.29, 1.82) is 0 Å². The lowest BCUT2D eigenvalue weighted by atomic mass is 10.1. The maximum Gasteiger partial charge on any atom is 0.340 e. The summed E-state index contributed by atoms with van der Waals surface area (Å²) in [5, 5.41) is 3.89. The lowest BCUT2D eigenvalue weighted by molar-refractivity contribution is 0.0601. The number of aromatic nitrogens is 2. The van der Waals surface area contributed by atoms with Crippen LogP contribution in [0.4, 0.5) is 10.1 Å². The zero-order valence-corrected chi connectivity index (χ0v) is 9.05. The minimum atomic E-state index is -0.673. The monoisotopic (exact) mass is 235 g/mol. The summed E-state index contributed by atoms with van der Waals surface area (Å²) in [6.07, 6.45) is 3.10. The van der Waals surface area contributed by atoms with E-state index in [0.717, 1.165) is 6.07 Å². The van der Waals surface area contributed by atoms with Crippen molar-refractivity contribution in [3.8, 4) is 5.69 Å². The molecule has 1 aromatic carbocycles. The summed E-state index contributed by atoms with van der Waals surface area (Å²) in [5.74, 6) is -1.27. The number of methoxy groups -OCH3 is 1. The summed E-state index contributed by atoms with van der Waals surface area (Å²) in [6, 6.07) is 4.04. The second kappa shape index (κ2) is 4.25. The number of benzene rings is 1. The number of hydrogen-bond donors (Lipinski definition) is 1. The number of rotatable bonds is 2. The number of nitrogens with zero attached hydrogens (tertiary/aromatic N) is 2. The molecule has 0 fully saturated rings. The first-order valence-corrected chi connectivity index (χ1v) is 4.81. The Kier molecular flexibility index (Phi) is 2.78. The number of esters is 1. The molecule has 17 heavy (non-hydrogen) atoms. The first kappa shape index (κ1) is 11.1. The highest BCUT2D eigenvalue weighted by Crippen LogP contribution is 2.21. The smallest absolute Gasteiger partial charge is 0.340 e. The highest BCUT2D eigenvalue weighted by atomic mass is 19.1. The van der Waals surface area contributed by atoms with Crippen molar-refractivity contribution in [2.75, 3.05) is 12.8 Å². The van der Waals surface area contributed by atoms with Gasteiger partial charge in [0.15, 0.2) is 0 Å². The molecule has 2 aromatic rings. The van der Waals surface area contributed by atoms with Crippen molar-refractivity contribution >= 4 is 11.7 Å². The number of nitrogen functional groups attached to an aromatic ring is 1. The van der Waals surface area contributed by atoms with Crippen molar-refractivity contribution in [3.05, 3.63) is 42.0 Å². The molecule has 0 amide bonds. The molecule has 0 saturated heterocycles. The summed E-state index contributed by atoms with van der Waals surface area (Å²) in [7, 11) is 1.21. The Labute approximate surface area is 96.6 Å². The number of ether oxygens (including phenoxy) is 1. The maximum absolute atomic E-state index is 13.8. The average Bonchev–Trinajstić information content (AvgIpc) is 2.84. The average molecular weight is 235 g/mol. The Bertz CT molecular complexity index is 552. The lowest BCUT2D eigenvalue weighted by Crippen LogP contribution is -2.09. The molecule has 2 N–H and O–H groups in total. The summed E-state index contributed by atoms with van der Waals surface area (Å²) in [6.45, 7) is 0. The van der Waals surface area contributed by atoms with Gasteiger partial charge in [-0.1, -0.05) is 0 Å². The Morgan fingerprint density at radius 1 is 1.53 bits per heavy atom. The zero-order chi connectivity index (χ0) is 12.4. The summed E-state index contributed by atoms with van der Waals surface area (Å²) in [5.41, 5.74) is 5.99. The third-order valence-corrected chi connectivity index (χ3v) is 2.28. The van der Waals surface area contributed by atoms with E-state index in [1.807, 2.05) is 0 Å². The van der Waals surface area contributed by atoms with Gasteiger partial charge in [0.25, 0.3) is 0 Å². The van der Waals surface area contributed by atoms with Crippen molar-refractivity contribution in [2.45, 2.75) is 0 Å². The van der Waals surface area contributed by atoms with Crippen LogP contribution < -0.4 is 5.73 Å². The van der Waals surface area contributed by atoms with Gasteiger partial charge in [-0.3, -0.25) is 0 Å². The van der Waals surface area contributed by atoms with Crippen molar-refractivity contribution in [2.24, 2.45) is 0 Å². The molecular weight excluding hydrogens is 225 g/mol.